The fraction of sp³-hybridized carbons (Fsp3) is 0.200. The molecule has 33 heavy (non-hydrogen) atoms. The number of benzene rings is 2. The van der Waals surface area contributed by atoms with Crippen LogP contribution in [0.2, 0.25) is 10.0 Å². The number of hydrogen-bond donors (Lipinski definition) is 1. The summed E-state index contributed by atoms with van der Waals surface area (Å²) in [6.45, 7) is 1.69. The number of pyridine rings is 1. The highest BCUT2D eigenvalue weighted by molar-refractivity contribution is 9.10. The van der Waals surface area contributed by atoms with Crippen molar-refractivity contribution in [3.8, 4) is 22.5 Å². The van der Waals surface area contributed by atoms with Gasteiger partial charge in [0.2, 0.25) is 0 Å². The molecule has 3 heterocycles. The van der Waals surface area contributed by atoms with Gasteiger partial charge in [0, 0.05) is 39.9 Å². The minimum Gasteiger partial charge on any atom is -0.297 e. The molecule has 8 heteroatoms. The first-order chi connectivity index (χ1) is 16.0. The predicted octanol–water partition coefficient (Wildman–Crippen LogP) is 6.87. The Morgan fingerprint density at radius 3 is 2.27 bits per heavy atom. The fourth-order valence-electron chi connectivity index (χ4n) is 4.18. The van der Waals surface area contributed by atoms with E-state index >= 15 is 0 Å². The van der Waals surface area contributed by atoms with Crippen LogP contribution < -0.4 is 5.43 Å². The van der Waals surface area contributed by atoms with E-state index < -0.39 is 0 Å². The molecule has 1 aliphatic heterocycles. The van der Waals surface area contributed by atoms with Gasteiger partial charge >= 0.3 is 0 Å². The summed E-state index contributed by atoms with van der Waals surface area (Å²) in [7, 11) is 0. The molecule has 0 aliphatic carbocycles. The van der Waals surface area contributed by atoms with Gasteiger partial charge < -0.3 is 0 Å². The topological polar surface area (TPSA) is 49.6 Å². The van der Waals surface area contributed by atoms with Crippen molar-refractivity contribution in [2.45, 2.75) is 19.3 Å². The summed E-state index contributed by atoms with van der Waals surface area (Å²) in [5.41, 5.74) is 7.50. The highest BCUT2D eigenvalue weighted by atomic mass is 79.9. The number of hydrogen-bond acceptors (Lipinski definition) is 3. The molecule has 1 saturated heterocycles. The number of piperidine rings is 1. The van der Waals surface area contributed by atoms with Crippen LogP contribution in [-0.4, -0.2) is 33.4 Å². The summed E-state index contributed by atoms with van der Waals surface area (Å²) in [4.78, 5) is 18.2. The van der Waals surface area contributed by atoms with E-state index in [-0.39, 0.29) is 5.91 Å². The van der Waals surface area contributed by atoms with Crippen molar-refractivity contribution in [1.29, 1.82) is 0 Å². The van der Waals surface area contributed by atoms with Gasteiger partial charge in [0.25, 0.3) is 5.91 Å². The summed E-state index contributed by atoms with van der Waals surface area (Å²) < 4.78 is 2.88. The molecular formula is C25H21BrCl2N4O. The van der Waals surface area contributed by atoms with Gasteiger partial charge in [-0.3, -0.25) is 14.6 Å². The van der Waals surface area contributed by atoms with Crippen LogP contribution in [0.4, 0.5) is 0 Å². The number of carbonyl (C=O) groups is 1. The molecule has 168 valence electrons. The van der Waals surface area contributed by atoms with Crippen LogP contribution in [-0.2, 0) is 0 Å². The number of rotatable bonds is 4. The third-order valence-corrected chi connectivity index (χ3v) is 6.77. The first-order valence-corrected chi connectivity index (χ1v) is 12.3. The van der Waals surface area contributed by atoms with Crippen LogP contribution in [0.5, 0.6) is 0 Å². The summed E-state index contributed by atoms with van der Waals surface area (Å²) in [6, 6.07) is 17.2. The molecule has 1 N–H and O–H groups in total. The largest absolute Gasteiger partial charge is 0.297 e. The molecule has 1 fully saturated rings. The average molecular weight is 544 g/mol. The minimum atomic E-state index is -0.209. The van der Waals surface area contributed by atoms with Gasteiger partial charge in [-0.2, -0.15) is 0 Å². The summed E-state index contributed by atoms with van der Waals surface area (Å²) in [5.74, 6) is -0.209. The maximum Gasteiger partial charge on any atom is 0.269 e. The fourth-order valence-corrected chi connectivity index (χ4v) is 4.78. The van der Waals surface area contributed by atoms with Crippen molar-refractivity contribution in [3.63, 3.8) is 0 Å². The van der Waals surface area contributed by atoms with E-state index in [2.05, 4.69) is 21.4 Å². The van der Waals surface area contributed by atoms with Crippen LogP contribution >= 0.6 is 39.1 Å². The Morgan fingerprint density at radius 2 is 1.58 bits per heavy atom. The molecule has 5 rings (SSSR count). The van der Waals surface area contributed by atoms with Crippen LogP contribution in [0.15, 0.2) is 65.3 Å². The number of nitrogens with zero attached hydrogens (tertiary/aromatic N) is 3. The monoisotopic (exact) mass is 542 g/mol. The number of aromatic nitrogens is 2. The molecule has 0 saturated carbocycles. The molecule has 0 unspecified atom stereocenters. The Balaban J connectivity index is 1.69. The molecule has 0 radical (unpaired) electrons. The van der Waals surface area contributed by atoms with Gasteiger partial charge in [-0.25, -0.2) is 9.99 Å². The second kappa shape index (κ2) is 9.47. The van der Waals surface area contributed by atoms with E-state index in [4.69, 9.17) is 28.2 Å². The minimum absolute atomic E-state index is 0.209. The molecule has 0 spiro atoms. The number of fused-ring (bicyclic) bond motifs is 1. The smallest absolute Gasteiger partial charge is 0.269 e. The zero-order valence-electron chi connectivity index (χ0n) is 17.7. The summed E-state index contributed by atoms with van der Waals surface area (Å²) >= 11 is 16.1. The average Bonchev–Trinajstić information content (AvgIpc) is 3.19. The van der Waals surface area contributed by atoms with Crippen LogP contribution in [0.25, 0.3) is 28.2 Å². The Hall–Kier alpha value is -2.38. The van der Waals surface area contributed by atoms with Crippen LogP contribution in [0, 0.1) is 0 Å². The second-order valence-electron chi connectivity index (χ2n) is 8.08. The quantitative estimate of drug-likeness (QED) is 0.305. The summed E-state index contributed by atoms with van der Waals surface area (Å²) in [5, 5.41) is 3.09. The number of carbonyl (C=O) groups excluding carboxylic acids is 1. The van der Waals surface area contributed by atoms with E-state index in [9.17, 15) is 4.79 Å². The Kier molecular flexibility index (Phi) is 6.43. The van der Waals surface area contributed by atoms with E-state index in [1.165, 1.54) is 6.42 Å². The molecule has 0 bridgehead atoms. The van der Waals surface area contributed by atoms with Crippen molar-refractivity contribution >= 4 is 50.7 Å². The number of nitrogens with one attached hydrogen (secondary N) is 1. The lowest BCUT2D eigenvalue weighted by Gasteiger charge is -2.26. The van der Waals surface area contributed by atoms with E-state index in [1.54, 1.807) is 12.3 Å². The molecule has 5 nitrogen and oxygen atoms in total. The molecular weight excluding hydrogens is 523 g/mol. The van der Waals surface area contributed by atoms with E-state index in [0.29, 0.717) is 21.3 Å². The maximum absolute atomic E-state index is 13.3. The lowest BCUT2D eigenvalue weighted by Crippen LogP contribution is -2.45. The highest BCUT2D eigenvalue weighted by Gasteiger charge is 2.23. The Morgan fingerprint density at radius 1 is 0.909 bits per heavy atom. The zero-order valence-corrected chi connectivity index (χ0v) is 20.8. The first-order valence-electron chi connectivity index (χ1n) is 10.8. The van der Waals surface area contributed by atoms with Crippen molar-refractivity contribution in [2.75, 3.05) is 13.1 Å². The van der Waals surface area contributed by atoms with Crippen molar-refractivity contribution in [2.24, 2.45) is 0 Å². The van der Waals surface area contributed by atoms with E-state index in [1.807, 2.05) is 57.9 Å². The molecule has 2 aromatic heterocycles. The zero-order chi connectivity index (χ0) is 22.9. The molecule has 2 aromatic carbocycles. The van der Waals surface area contributed by atoms with E-state index in [0.717, 1.165) is 52.9 Å². The van der Waals surface area contributed by atoms with Crippen molar-refractivity contribution < 1.29 is 4.79 Å². The third kappa shape index (κ3) is 4.66. The van der Waals surface area contributed by atoms with Gasteiger partial charge in [0.05, 0.1) is 22.0 Å². The standard InChI is InChI=1S/C25H21BrCl2N4O/c26-18-8-4-17(5-9-18)23-22(16-6-10-19(27)11-7-16)29-24-21(14-20(28)15-32(23)24)25(33)30-31-12-2-1-3-13-31/h4-11,14-15H,1-3,12-13H2,(H,30,33). The van der Waals surface area contributed by atoms with Crippen molar-refractivity contribution in [3.05, 3.63) is 80.9 Å². The second-order valence-corrected chi connectivity index (χ2v) is 9.87. The first kappa shape index (κ1) is 22.4. The number of hydrazine groups is 1. The SMILES string of the molecule is O=C(NN1CCCCC1)c1cc(Cl)cn2c(-c3ccc(Br)cc3)c(-c3ccc(Cl)cc3)nc12. The summed E-state index contributed by atoms with van der Waals surface area (Å²) in [6.07, 6.45) is 5.14. The highest BCUT2D eigenvalue weighted by Crippen LogP contribution is 2.35. The van der Waals surface area contributed by atoms with Crippen LogP contribution in [0.1, 0.15) is 29.6 Å². The number of imidazole rings is 1. The Labute approximate surface area is 210 Å². The molecule has 4 aromatic rings. The third-order valence-electron chi connectivity index (χ3n) is 5.78. The molecule has 0 atom stereocenters. The van der Waals surface area contributed by atoms with Gasteiger partial charge in [0.1, 0.15) is 0 Å². The maximum atomic E-state index is 13.3. The lowest BCUT2D eigenvalue weighted by molar-refractivity contribution is 0.0751. The van der Waals surface area contributed by atoms with Gasteiger partial charge in [-0.1, -0.05) is 69.8 Å². The number of amides is 1. The van der Waals surface area contributed by atoms with Gasteiger partial charge in [-0.05, 0) is 43.2 Å². The van der Waals surface area contributed by atoms with Gasteiger partial charge in [0.15, 0.2) is 5.65 Å². The van der Waals surface area contributed by atoms with Gasteiger partial charge in [-0.15, -0.1) is 0 Å². The van der Waals surface area contributed by atoms with Crippen molar-refractivity contribution in [1.82, 2.24) is 19.8 Å². The normalized spacial score (nSPS) is 14.5. The number of halogens is 3. The Bertz CT molecular complexity index is 1310. The molecule has 1 amide bonds. The van der Waals surface area contributed by atoms with Crippen LogP contribution in [0.3, 0.4) is 0 Å². The predicted molar refractivity (Wildman–Crippen MR) is 137 cm³/mol. The molecule has 1 aliphatic rings. The lowest BCUT2D eigenvalue weighted by atomic mass is 10.0.